The molecule has 0 saturated heterocycles. The lowest BCUT2D eigenvalue weighted by Crippen LogP contribution is -2.20. The Morgan fingerprint density at radius 2 is 1.73 bits per heavy atom. The molecule has 13 heteroatoms. The number of nitrogens with zero attached hydrogens (tertiary/aromatic N) is 2. The number of nitrogens with one attached hydrogen (secondary N) is 1. The van der Waals surface area contributed by atoms with Crippen LogP contribution in [0.3, 0.4) is 0 Å². The molecule has 1 unspecified atom stereocenters. The van der Waals surface area contributed by atoms with Gasteiger partial charge in [0.15, 0.2) is 0 Å². The monoisotopic (exact) mass is 576 g/mol. The fourth-order valence-electron chi connectivity index (χ4n) is 4.07. The number of nitrogens with two attached hydrogens (primary N) is 1. The highest BCUT2D eigenvalue weighted by Crippen LogP contribution is 2.39. The molecule has 3 aromatic carbocycles. The summed E-state index contributed by atoms with van der Waals surface area (Å²) in [5, 5.41) is 18.8. The number of hydrogen-bond acceptors (Lipinski definition) is 8. The number of sulfonamides is 1. The molecule has 0 aliphatic carbocycles. The third-order valence-corrected chi connectivity index (χ3v) is 7.46. The fraction of sp³-hybridized carbons (Fsp3) is 0.259. The van der Waals surface area contributed by atoms with Crippen LogP contribution in [0.5, 0.6) is 17.2 Å². The van der Waals surface area contributed by atoms with Crippen molar-refractivity contribution in [1.29, 1.82) is 0 Å². The Kier molecular flexibility index (Phi) is 7.67. The van der Waals surface area contributed by atoms with Gasteiger partial charge in [0, 0.05) is 28.3 Å². The highest BCUT2D eigenvalue weighted by Gasteiger charge is 2.31. The third kappa shape index (κ3) is 6.27. The van der Waals surface area contributed by atoms with Crippen molar-refractivity contribution >= 4 is 32.4 Å². The van der Waals surface area contributed by atoms with Crippen LogP contribution in [-0.4, -0.2) is 30.6 Å². The first-order valence-corrected chi connectivity index (χ1v) is 13.5. The Hall–Kier alpha value is -3.94. The molecule has 0 fully saturated rings. The molecule has 212 valence electrons. The first-order chi connectivity index (χ1) is 18.6. The molecule has 0 radical (unpaired) electrons. The van der Waals surface area contributed by atoms with Crippen LogP contribution >= 0.6 is 0 Å². The van der Waals surface area contributed by atoms with E-state index in [1.165, 1.54) is 58.5 Å². The molecule has 0 aliphatic heterocycles. The summed E-state index contributed by atoms with van der Waals surface area (Å²) in [6.45, 7) is 4.51. The van der Waals surface area contributed by atoms with Crippen molar-refractivity contribution < 1.29 is 36.2 Å². The van der Waals surface area contributed by atoms with Gasteiger partial charge in [0.25, 0.3) is 0 Å². The predicted molar refractivity (Wildman–Crippen MR) is 144 cm³/mol. The van der Waals surface area contributed by atoms with E-state index in [2.05, 4.69) is 15.3 Å². The molecule has 0 amide bonds. The van der Waals surface area contributed by atoms with Crippen LogP contribution in [0.2, 0.25) is 0 Å². The first kappa shape index (κ1) is 29.1. The summed E-state index contributed by atoms with van der Waals surface area (Å²) >= 11 is 0. The highest BCUT2D eigenvalue weighted by atomic mass is 32.2. The van der Waals surface area contributed by atoms with Gasteiger partial charge in [-0.05, 0) is 63.2 Å². The second-order valence-corrected chi connectivity index (χ2v) is 11.5. The number of benzene rings is 3. The minimum atomic E-state index is -4.53. The Labute approximate surface area is 228 Å². The Morgan fingerprint density at radius 1 is 1.02 bits per heavy atom. The number of ether oxygens (including phenoxy) is 2. The topological polar surface area (TPSA) is 137 Å². The summed E-state index contributed by atoms with van der Waals surface area (Å²) < 4.78 is 74.6. The van der Waals surface area contributed by atoms with Crippen LogP contribution in [0.4, 0.5) is 24.7 Å². The summed E-state index contributed by atoms with van der Waals surface area (Å²) in [7, 11) is -2.54. The zero-order chi connectivity index (χ0) is 29.5. The smallest absolute Gasteiger partial charge is 0.416 e. The van der Waals surface area contributed by atoms with Crippen LogP contribution in [0.1, 0.15) is 42.7 Å². The SMILES string of the molecule is COc1cc2ncnc(Nc3ccc(Oc4cccc(C(F)(F)F)c4)cc3C(C)(C)O)c2cc1C(C)S(N)(=O)=O. The summed E-state index contributed by atoms with van der Waals surface area (Å²) in [5.74, 6) is 0.757. The maximum Gasteiger partial charge on any atom is 0.416 e. The van der Waals surface area contributed by atoms with Gasteiger partial charge in [-0.25, -0.2) is 23.5 Å². The third-order valence-electron chi connectivity index (χ3n) is 6.22. The Morgan fingerprint density at radius 3 is 2.35 bits per heavy atom. The zero-order valence-corrected chi connectivity index (χ0v) is 22.8. The second-order valence-electron chi connectivity index (χ2n) is 9.58. The molecule has 0 saturated carbocycles. The van der Waals surface area contributed by atoms with E-state index in [0.717, 1.165) is 12.1 Å². The van der Waals surface area contributed by atoms with Crippen LogP contribution in [0, 0.1) is 0 Å². The number of aliphatic hydroxyl groups is 1. The number of methoxy groups -OCH3 is 1. The molecule has 4 rings (SSSR count). The fourth-order valence-corrected chi connectivity index (χ4v) is 4.61. The average Bonchev–Trinajstić information content (AvgIpc) is 2.87. The van der Waals surface area contributed by atoms with E-state index in [9.17, 15) is 26.7 Å². The van der Waals surface area contributed by atoms with Crippen LogP contribution < -0.4 is 19.9 Å². The number of rotatable bonds is 8. The van der Waals surface area contributed by atoms with Gasteiger partial charge in [-0.1, -0.05) is 6.07 Å². The largest absolute Gasteiger partial charge is 0.496 e. The van der Waals surface area contributed by atoms with Crippen LogP contribution in [0.15, 0.2) is 60.9 Å². The lowest BCUT2D eigenvalue weighted by molar-refractivity contribution is -0.137. The van der Waals surface area contributed by atoms with E-state index in [0.29, 0.717) is 33.5 Å². The summed E-state index contributed by atoms with van der Waals surface area (Å²) in [4.78, 5) is 8.55. The van der Waals surface area contributed by atoms with Gasteiger partial charge in [0.2, 0.25) is 10.0 Å². The lowest BCUT2D eigenvalue weighted by atomic mass is 9.96. The zero-order valence-electron chi connectivity index (χ0n) is 21.9. The summed E-state index contributed by atoms with van der Waals surface area (Å²) in [5.41, 5.74) is -0.725. The van der Waals surface area contributed by atoms with Gasteiger partial charge in [-0.15, -0.1) is 0 Å². The molecular formula is C27H27F3N4O5S. The van der Waals surface area contributed by atoms with E-state index >= 15 is 0 Å². The molecular weight excluding hydrogens is 549 g/mol. The van der Waals surface area contributed by atoms with Gasteiger partial charge in [-0.2, -0.15) is 13.2 Å². The van der Waals surface area contributed by atoms with Crippen molar-refractivity contribution in [1.82, 2.24) is 9.97 Å². The molecule has 0 bridgehead atoms. The number of anilines is 2. The van der Waals surface area contributed by atoms with Crippen molar-refractivity contribution in [3.63, 3.8) is 0 Å². The highest BCUT2D eigenvalue weighted by molar-refractivity contribution is 7.89. The molecule has 9 nitrogen and oxygen atoms in total. The number of primary sulfonamides is 1. The number of aromatic nitrogens is 2. The molecule has 1 atom stereocenters. The minimum absolute atomic E-state index is 0.0236. The van der Waals surface area contributed by atoms with Gasteiger partial charge in [0.1, 0.15) is 34.6 Å². The standard InChI is InChI=1S/C27H27F3N4O5S/c1-15(40(31,36)37)19-12-20-23(13-24(19)38-4)32-14-33-25(20)34-22-9-8-18(11-21(22)26(2,3)35)39-17-7-5-6-16(10-17)27(28,29)30/h5-15,35H,1-4H3,(H2,31,36,37)(H,32,33,34). The van der Waals surface area contributed by atoms with E-state index in [-0.39, 0.29) is 17.2 Å². The normalized spacial score (nSPS) is 13.2. The Bertz CT molecular complexity index is 1670. The molecule has 4 N–H and O–H groups in total. The number of alkyl halides is 3. The van der Waals surface area contributed by atoms with Crippen molar-refractivity contribution in [2.45, 2.75) is 37.8 Å². The van der Waals surface area contributed by atoms with Gasteiger partial charge >= 0.3 is 6.18 Å². The van der Waals surface area contributed by atoms with Gasteiger partial charge < -0.3 is 19.9 Å². The van der Waals surface area contributed by atoms with Crippen molar-refractivity contribution in [2.75, 3.05) is 12.4 Å². The van der Waals surface area contributed by atoms with E-state index in [1.54, 1.807) is 18.2 Å². The number of hydrogen-bond donors (Lipinski definition) is 3. The molecule has 4 aromatic rings. The Balaban J connectivity index is 1.76. The minimum Gasteiger partial charge on any atom is -0.496 e. The van der Waals surface area contributed by atoms with Crippen LogP contribution in [-0.2, 0) is 21.8 Å². The number of fused-ring (bicyclic) bond motifs is 1. The molecule has 0 aliphatic rings. The van der Waals surface area contributed by atoms with Crippen molar-refractivity contribution in [3.05, 3.63) is 77.6 Å². The van der Waals surface area contributed by atoms with Gasteiger partial charge in [0.05, 0.1) is 23.8 Å². The maximum atomic E-state index is 13.1. The summed E-state index contributed by atoms with van der Waals surface area (Å²) in [6.07, 6.45) is -3.22. The molecule has 0 spiro atoms. The molecule has 1 aromatic heterocycles. The quantitative estimate of drug-likeness (QED) is 0.241. The van der Waals surface area contributed by atoms with Crippen molar-refractivity contribution in [2.24, 2.45) is 5.14 Å². The van der Waals surface area contributed by atoms with E-state index in [4.69, 9.17) is 14.6 Å². The van der Waals surface area contributed by atoms with Crippen molar-refractivity contribution in [3.8, 4) is 17.2 Å². The second kappa shape index (κ2) is 10.6. The first-order valence-electron chi connectivity index (χ1n) is 11.9. The number of halogens is 3. The van der Waals surface area contributed by atoms with E-state index in [1.807, 2.05) is 0 Å². The predicted octanol–water partition coefficient (Wildman–Crippen LogP) is 5.77. The molecule has 40 heavy (non-hydrogen) atoms. The maximum absolute atomic E-state index is 13.1. The van der Waals surface area contributed by atoms with Gasteiger partial charge in [-0.3, -0.25) is 0 Å². The average molecular weight is 577 g/mol. The molecule has 1 heterocycles. The summed E-state index contributed by atoms with van der Waals surface area (Å²) in [6, 6.07) is 12.2. The van der Waals surface area contributed by atoms with E-state index < -0.39 is 32.6 Å². The lowest BCUT2D eigenvalue weighted by Gasteiger charge is -2.24. The van der Waals surface area contributed by atoms with Crippen LogP contribution in [0.25, 0.3) is 10.9 Å².